The molecule has 5 nitrogen and oxygen atoms in total. The quantitative estimate of drug-likeness (QED) is 0.567. The lowest BCUT2D eigenvalue weighted by atomic mass is 9.86. The van der Waals surface area contributed by atoms with Gasteiger partial charge in [0, 0.05) is 36.6 Å². The Hall–Kier alpha value is -2.05. The maximum atomic E-state index is 6.32. The highest BCUT2D eigenvalue weighted by Gasteiger charge is 2.36. The zero-order valence-electron chi connectivity index (χ0n) is 20.0. The fraction of sp³-hybridized carbons (Fsp3) is 0.538. The van der Waals surface area contributed by atoms with Gasteiger partial charge in [-0.2, -0.15) is 0 Å². The van der Waals surface area contributed by atoms with Gasteiger partial charge in [-0.05, 0) is 36.0 Å². The molecule has 4 rings (SSSR count). The SMILES string of the molecule is CCC(C)CN1CCC2N=C(Nc3cccnc3Oc3ccccc3C(C)(C)C)SC2C1. The van der Waals surface area contributed by atoms with Crippen molar-refractivity contribution in [2.75, 3.05) is 25.0 Å². The van der Waals surface area contributed by atoms with Crippen LogP contribution in [0.3, 0.4) is 0 Å². The molecule has 0 amide bonds. The first kappa shape index (κ1) is 23.1. The maximum absolute atomic E-state index is 6.32. The van der Waals surface area contributed by atoms with Crippen molar-refractivity contribution in [2.24, 2.45) is 10.9 Å². The summed E-state index contributed by atoms with van der Waals surface area (Å²) in [5.41, 5.74) is 2.01. The molecule has 3 atom stereocenters. The van der Waals surface area contributed by atoms with E-state index in [0.717, 1.165) is 47.6 Å². The van der Waals surface area contributed by atoms with Crippen LogP contribution in [0.5, 0.6) is 11.6 Å². The summed E-state index contributed by atoms with van der Waals surface area (Å²) in [6.07, 6.45) is 4.15. The molecule has 2 aromatic rings. The van der Waals surface area contributed by atoms with E-state index in [4.69, 9.17) is 9.73 Å². The van der Waals surface area contributed by atoms with Crippen molar-refractivity contribution in [1.82, 2.24) is 9.88 Å². The van der Waals surface area contributed by atoms with Gasteiger partial charge < -0.3 is 15.0 Å². The normalized spacial score (nSPS) is 22.2. The number of ether oxygens (including phenoxy) is 1. The summed E-state index contributed by atoms with van der Waals surface area (Å²) in [6.45, 7) is 14.7. The Morgan fingerprint density at radius 2 is 2.03 bits per heavy atom. The van der Waals surface area contributed by atoms with Gasteiger partial charge in [0.15, 0.2) is 5.17 Å². The third-order valence-corrected chi connectivity index (χ3v) is 7.53. The Labute approximate surface area is 197 Å². The number of anilines is 1. The molecule has 32 heavy (non-hydrogen) atoms. The number of para-hydroxylation sites is 1. The highest BCUT2D eigenvalue weighted by atomic mass is 32.2. The molecular formula is C26H36N4OS. The monoisotopic (exact) mass is 452 g/mol. The molecule has 172 valence electrons. The van der Waals surface area contributed by atoms with Gasteiger partial charge in [0.2, 0.25) is 5.88 Å². The van der Waals surface area contributed by atoms with Gasteiger partial charge in [0.1, 0.15) is 11.4 Å². The Morgan fingerprint density at radius 1 is 1.22 bits per heavy atom. The van der Waals surface area contributed by atoms with Gasteiger partial charge in [-0.1, -0.05) is 71.0 Å². The molecule has 0 aliphatic carbocycles. The molecule has 3 heterocycles. The summed E-state index contributed by atoms with van der Waals surface area (Å²) < 4.78 is 6.32. The van der Waals surface area contributed by atoms with Gasteiger partial charge >= 0.3 is 0 Å². The van der Waals surface area contributed by atoms with Gasteiger partial charge in [0.05, 0.1) is 6.04 Å². The highest BCUT2D eigenvalue weighted by Crippen LogP contribution is 2.37. The lowest BCUT2D eigenvalue weighted by Crippen LogP contribution is -2.44. The second-order valence-electron chi connectivity index (χ2n) is 10.0. The first-order valence-electron chi connectivity index (χ1n) is 11.8. The largest absolute Gasteiger partial charge is 0.437 e. The molecule has 1 N–H and O–H groups in total. The van der Waals surface area contributed by atoms with Crippen molar-refractivity contribution in [2.45, 2.75) is 64.2 Å². The number of hydrogen-bond acceptors (Lipinski definition) is 6. The number of piperidine rings is 1. The van der Waals surface area contributed by atoms with Crippen molar-refractivity contribution in [3.05, 3.63) is 48.2 Å². The summed E-state index contributed by atoms with van der Waals surface area (Å²) in [5.74, 6) is 2.18. The molecule has 6 heteroatoms. The number of likely N-dealkylation sites (tertiary alicyclic amines) is 1. The van der Waals surface area contributed by atoms with Crippen LogP contribution in [0, 0.1) is 5.92 Å². The molecule has 0 spiro atoms. The number of rotatable bonds is 6. The van der Waals surface area contributed by atoms with Crippen LogP contribution in [-0.2, 0) is 5.41 Å². The minimum Gasteiger partial charge on any atom is -0.437 e. The van der Waals surface area contributed by atoms with Crippen LogP contribution < -0.4 is 10.1 Å². The summed E-state index contributed by atoms with van der Waals surface area (Å²) >= 11 is 1.86. The van der Waals surface area contributed by atoms with Crippen LogP contribution >= 0.6 is 11.8 Å². The van der Waals surface area contributed by atoms with Crippen molar-refractivity contribution in [3.8, 4) is 11.6 Å². The molecule has 0 saturated carbocycles. The van der Waals surface area contributed by atoms with E-state index in [2.05, 4.69) is 62.0 Å². The predicted molar refractivity (Wildman–Crippen MR) is 136 cm³/mol. The lowest BCUT2D eigenvalue weighted by molar-refractivity contribution is 0.193. The maximum Gasteiger partial charge on any atom is 0.243 e. The van der Waals surface area contributed by atoms with Gasteiger partial charge in [0.25, 0.3) is 0 Å². The van der Waals surface area contributed by atoms with E-state index in [1.807, 2.05) is 36.0 Å². The third kappa shape index (κ3) is 5.46. The second kappa shape index (κ2) is 9.84. The number of fused-ring (bicyclic) bond motifs is 1. The average Bonchev–Trinajstić information content (AvgIpc) is 3.16. The van der Waals surface area contributed by atoms with E-state index in [1.165, 1.54) is 13.0 Å². The molecular weight excluding hydrogens is 416 g/mol. The molecule has 1 aromatic heterocycles. The number of amidine groups is 1. The summed E-state index contributed by atoms with van der Waals surface area (Å²) in [4.78, 5) is 12.1. The van der Waals surface area contributed by atoms with Crippen molar-refractivity contribution in [3.63, 3.8) is 0 Å². The number of benzene rings is 1. The zero-order chi connectivity index (χ0) is 22.7. The van der Waals surface area contributed by atoms with E-state index >= 15 is 0 Å². The van der Waals surface area contributed by atoms with Crippen LogP contribution in [0.2, 0.25) is 0 Å². The predicted octanol–water partition coefficient (Wildman–Crippen LogP) is 6.18. The van der Waals surface area contributed by atoms with E-state index in [1.54, 1.807) is 6.20 Å². The summed E-state index contributed by atoms with van der Waals surface area (Å²) in [6, 6.07) is 12.6. The first-order valence-corrected chi connectivity index (χ1v) is 12.7. The lowest BCUT2D eigenvalue weighted by Gasteiger charge is -2.34. The van der Waals surface area contributed by atoms with Crippen LogP contribution in [-0.4, -0.2) is 46.0 Å². The highest BCUT2D eigenvalue weighted by molar-refractivity contribution is 8.15. The number of nitrogens with zero attached hydrogens (tertiary/aromatic N) is 3. The average molecular weight is 453 g/mol. The van der Waals surface area contributed by atoms with Gasteiger partial charge in [-0.15, -0.1) is 0 Å². The van der Waals surface area contributed by atoms with Crippen LogP contribution in [0.25, 0.3) is 0 Å². The number of thioether (sulfide) groups is 1. The van der Waals surface area contributed by atoms with E-state index in [-0.39, 0.29) is 5.41 Å². The van der Waals surface area contributed by atoms with Crippen molar-refractivity contribution < 1.29 is 4.74 Å². The number of hydrogen-bond donors (Lipinski definition) is 1. The molecule has 2 aliphatic heterocycles. The Bertz CT molecular complexity index is 955. The summed E-state index contributed by atoms with van der Waals surface area (Å²) in [7, 11) is 0. The molecule has 0 bridgehead atoms. The minimum atomic E-state index is -0.0127. The smallest absolute Gasteiger partial charge is 0.243 e. The van der Waals surface area contributed by atoms with Crippen LogP contribution in [0.15, 0.2) is 47.6 Å². The molecule has 2 aliphatic rings. The van der Waals surface area contributed by atoms with Crippen molar-refractivity contribution in [1.29, 1.82) is 0 Å². The molecule has 1 saturated heterocycles. The Morgan fingerprint density at radius 3 is 2.81 bits per heavy atom. The zero-order valence-corrected chi connectivity index (χ0v) is 20.8. The first-order chi connectivity index (χ1) is 15.3. The van der Waals surface area contributed by atoms with E-state index < -0.39 is 0 Å². The van der Waals surface area contributed by atoms with Gasteiger partial charge in [-0.3, -0.25) is 4.99 Å². The van der Waals surface area contributed by atoms with E-state index in [0.29, 0.717) is 17.2 Å². The fourth-order valence-electron chi connectivity index (χ4n) is 4.32. The number of pyridine rings is 1. The Balaban J connectivity index is 1.45. The molecule has 3 unspecified atom stereocenters. The van der Waals surface area contributed by atoms with Crippen LogP contribution in [0.1, 0.15) is 53.0 Å². The van der Waals surface area contributed by atoms with Crippen LogP contribution in [0.4, 0.5) is 5.69 Å². The molecule has 1 aromatic carbocycles. The standard InChI is InChI=1S/C26H36N4OS/c1-6-18(2)16-30-15-13-20-23(17-30)32-25(28-20)29-21-11-9-14-27-24(21)31-22-12-8-7-10-19(22)26(3,4)5/h7-12,14,18,20,23H,6,13,15-17H2,1-5H3,(H,28,29). The summed E-state index contributed by atoms with van der Waals surface area (Å²) in [5, 5.41) is 5.02. The van der Waals surface area contributed by atoms with Crippen molar-refractivity contribution >= 4 is 22.6 Å². The Kier molecular flexibility index (Phi) is 7.11. The fourth-order valence-corrected chi connectivity index (χ4v) is 5.61. The third-order valence-electron chi connectivity index (χ3n) is 6.34. The number of aromatic nitrogens is 1. The topological polar surface area (TPSA) is 49.8 Å². The van der Waals surface area contributed by atoms with E-state index in [9.17, 15) is 0 Å². The number of aliphatic imine (C=N–C) groups is 1. The molecule has 0 radical (unpaired) electrons. The number of nitrogens with one attached hydrogen (secondary N) is 1. The second-order valence-corrected chi connectivity index (χ2v) is 11.3. The minimum absolute atomic E-state index is 0.0127. The molecule has 1 fully saturated rings. The van der Waals surface area contributed by atoms with Gasteiger partial charge in [-0.25, -0.2) is 4.98 Å².